The van der Waals surface area contributed by atoms with Crippen molar-refractivity contribution in [3.05, 3.63) is 34.9 Å². The summed E-state index contributed by atoms with van der Waals surface area (Å²) in [4.78, 5) is 11.8. The van der Waals surface area contributed by atoms with Gasteiger partial charge in [0.2, 0.25) is 0 Å². The van der Waals surface area contributed by atoms with Gasteiger partial charge in [-0.2, -0.15) is 0 Å². The SMILES string of the molecule is CC(C)=CCCC(C)=CCCC(C)=CCC(=O)C(O)C(O)C(O)CO. The first-order valence-corrected chi connectivity index (χ1v) is 8.81. The monoisotopic (exact) mass is 354 g/mol. The molecule has 0 saturated carbocycles. The van der Waals surface area contributed by atoms with Gasteiger partial charge in [0.15, 0.2) is 5.78 Å². The normalized spacial score (nSPS) is 16.3. The fourth-order valence-electron chi connectivity index (χ4n) is 2.24. The van der Waals surface area contributed by atoms with E-state index in [9.17, 15) is 20.1 Å². The molecular weight excluding hydrogens is 320 g/mol. The lowest BCUT2D eigenvalue weighted by Crippen LogP contribution is -2.43. The highest BCUT2D eigenvalue weighted by Crippen LogP contribution is 2.12. The van der Waals surface area contributed by atoms with Crippen LogP contribution in [0.4, 0.5) is 0 Å². The van der Waals surface area contributed by atoms with Crippen LogP contribution in [-0.2, 0) is 4.79 Å². The molecule has 5 heteroatoms. The first kappa shape index (κ1) is 23.7. The first-order chi connectivity index (χ1) is 11.7. The average Bonchev–Trinajstić information content (AvgIpc) is 2.57. The predicted molar refractivity (Wildman–Crippen MR) is 100 cm³/mol. The zero-order valence-corrected chi connectivity index (χ0v) is 15.9. The van der Waals surface area contributed by atoms with Crippen molar-refractivity contribution in [2.45, 2.75) is 78.1 Å². The van der Waals surface area contributed by atoms with Gasteiger partial charge >= 0.3 is 0 Å². The molecule has 0 saturated heterocycles. The maximum absolute atomic E-state index is 11.8. The van der Waals surface area contributed by atoms with Gasteiger partial charge in [-0.05, 0) is 53.4 Å². The summed E-state index contributed by atoms with van der Waals surface area (Å²) in [6, 6.07) is 0. The molecule has 144 valence electrons. The Hall–Kier alpha value is -1.27. The third kappa shape index (κ3) is 11.1. The van der Waals surface area contributed by atoms with Crippen molar-refractivity contribution in [3.63, 3.8) is 0 Å². The molecule has 0 aliphatic heterocycles. The van der Waals surface area contributed by atoms with Crippen LogP contribution in [0.5, 0.6) is 0 Å². The molecule has 0 spiro atoms. The summed E-state index contributed by atoms with van der Waals surface area (Å²) in [6.45, 7) is 7.51. The second-order valence-electron chi connectivity index (χ2n) is 6.82. The lowest BCUT2D eigenvalue weighted by Gasteiger charge is -2.20. The van der Waals surface area contributed by atoms with E-state index < -0.39 is 30.7 Å². The number of allylic oxidation sites excluding steroid dienone is 6. The van der Waals surface area contributed by atoms with Gasteiger partial charge in [0, 0.05) is 6.42 Å². The van der Waals surface area contributed by atoms with E-state index in [0.717, 1.165) is 31.3 Å². The zero-order chi connectivity index (χ0) is 19.4. The maximum atomic E-state index is 11.8. The van der Waals surface area contributed by atoms with Crippen LogP contribution in [0.3, 0.4) is 0 Å². The smallest absolute Gasteiger partial charge is 0.167 e. The van der Waals surface area contributed by atoms with Crippen molar-refractivity contribution in [2.24, 2.45) is 0 Å². The highest BCUT2D eigenvalue weighted by Gasteiger charge is 2.28. The van der Waals surface area contributed by atoms with Gasteiger partial charge in [-0.15, -0.1) is 0 Å². The molecule has 0 rings (SSSR count). The number of aliphatic hydroxyl groups is 4. The molecule has 0 fully saturated rings. The topological polar surface area (TPSA) is 98.0 Å². The predicted octanol–water partition coefficient (Wildman–Crippen LogP) is 2.44. The molecule has 4 N–H and O–H groups in total. The Morgan fingerprint density at radius 1 is 0.880 bits per heavy atom. The van der Waals surface area contributed by atoms with Crippen molar-refractivity contribution < 1.29 is 25.2 Å². The van der Waals surface area contributed by atoms with Gasteiger partial charge < -0.3 is 20.4 Å². The van der Waals surface area contributed by atoms with Crippen LogP contribution in [0.1, 0.15) is 59.8 Å². The minimum absolute atomic E-state index is 0.00846. The van der Waals surface area contributed by atoms with E-state index in [0.29, 0.717) is 0 Å². The van der Waals surface area contributed by atoms with Crippen molar-refractivity contribution in [1.82, 2.24) is 0 Å². The largest absolute Gasteiger partial charge is 0.394 e. The molecule has 0 bridgehead atoms. The van der Waals surface area contributed by atoms with Crippen molar-refractivity contribution >= 4 is 5.78 Å². The van der Waals surface area contributed by atoms with E-state index in [2.05, 4.69) is 32.9 Å². The summed E-state index contributed by atoms with van der Waals surface area (Å²) in [5.41, 5.74) is 3.71. The van der Waals surface area contributed by atoms with E-state index in [-0.39, 0.29) is 6.42 Å². The fraction of sp³-hybridized carbons (Fsp3) is 0.650. The standard InChI is InChI=1S/C20H34O5/c1-14(2)7-5-8-15(3)9-6-10-16(4)11-12-17(22)19(24)20(25)18(23)13-21/h7,9,11,18-21,23-25H,5-6,8,10,12-13H2,1-4H3. The van der Waals surface area contributed by atoms with Crippen LogP contribution in [0.2, 0.25) is 0 Å². The maximum Gasteiger partial charge on any atom is 0.167 e. The van der Waals surface area contributed by atoms with Gasteiger partial charge in [-0.1, -0.05) is 34.9 Å². The first-order valence-electron chi connectivity index (χ1n) is 8.81. The summed E-state index contributed by atoms with van der Waals surface area (Å²) in [6.07, 6.45) is 5.08. The molecular formula is C20H34O5. The summed E-state index contributed by atoms with van der Waals surface area (Å²) >= 11 is 0. The quantitative estimate of drug-likeness (QED) is 0.404. The molecule has 0 aromatic heterocycles. The second kappa shape index (κ2) is 13.0. The fourth-order valence-corrected chi connectivity index (χ4v) is 2.24. The van der Waals surface area contributed by atoms with E-state index in [1.54, 1.807) is 6.08 Å². The van der Waals surface area contributed by atoms with Crippen LogP contribution in [0.25, 0.3) is 0 Å². The number of rotatable bonds is 12. The molecule has 3 unspecified atom stereocenters. The Kier molecular flexibility index (Phi) is 12.3. The highest BCUT2D eigenvalue weighted by molar-refractivity contribution is 5.84. The van der Waals surface area contributed by atoms with Gasteiger partial charge in [-0.3, -0.25) is 4.79 Å². The third-order valence-electron chi connectivity index (χ3n) is 4.01. The minimum Gasteiger partial charge on any atom is -0.394 e. The van der Waals surface area contributed by atoms with Gasteiger partial charge in [0.25, 0.3) is 0 Å². The van der Waals surface area contributed by atoms with E-state index in [4.69, 9.17) is 5.11 Å². The molecule has 0 aromatic rings. The molecule has 0 aromatic carbocycles. The summed E-state index contributed by atoms with van der Waals surface area (Å²) in [5, 5.41) is 37.1. The summed E-state index contributed by atoms with van der Waals surface area (Å²) in [7, 11) is 0. The molecule has 0 aliphatic carbocycles. The Morgan fingerprint density at radius 2 is 1.40 bits per heavy atom. The van der Waals surface area contributed by atoms with Crippen LogP contribution in [-0.4, -0.2) is 51.1 Å². The number of carbonyl (C=O) groups excluding carboxylic acids is 1. The Bertz CT molecular complexity index is 486. The molecule has 0 heterocycles. The number of hydrogen-bond donors (Lipinski definition) is 4. The van der Waals surface area contributed by atoms with Crippen molar-refractivity contribution in [2.75, 3.05) is 6.61 Å². The second-order valence-corrected chi connectivity index (χ2v) is 6.82. The molecule has 0 radical (unpaired) electrons. The van der Waals surface area contributed by atoms with Gasteiger partial charge in [0.1, 0.15) is 18.3 Å². The van der Waals surface area contributed by atoms with Crippen molar-refractivity contribution in [1.29, 1.82) is 0 Å². The number of hydrogen-bond acceptors (Lipinski definition) is 5. The average molecular weight is 354 g/mol. The van der Waals surface area contributed by atoms with Gasteiger partial charge in [-0.25, -0.2) is 0 Å². The summed E-state index contributed by atoms with van der Waals surface area (Å²) < 4.78 is 0. The Balaban J connectivity index is 4.28. The molecule has 0 aliphatic rings. The van der Waals surface area contributed by atoms with Crippen LogP contribution >= 0.6 is 0 Å². The summed E-state index contributed by atoms with van der Waals surface area (Å²) in [5.74, 6) is -0.576. The van der Waals surface area contributed by atoms with E-state index in [1.807, 2.05) is 6.92 Å². The molecule has 3 atom stereocenters. The lowest BCUT2D eigenvalue weighted by atomic mass is 10.0. The molecule has 25 heavy (non-hydrogen) atoms. The lowest BCUT2D eigenvalue weighted by molar-refractivity contribution is -0.139. The zero-order valence-electron chi connectivity index (χ0n) is 15.9. The number of ketones is 1. The number of Topliss-reactive ketones (excluding diaryl/α,β-unsaturated/α-hetero) is 1. The van der Waals surface area contributed by atoms with E-state index >= 15 is 0 Å². The minimum atomic E-state index is -1.69. The van der Waals surface area contributed by atoms with Crippen LogP contribution in [0.15, 0.2) is 34.9 Å². The van der Waals surface area contributed by atoms with Crippen LogP contribution in [0, 0.1) is 0 Å². The number of aliphatic hydroxyl groups excluding tert-OH is 4. The molecule has 5 nitrogen and oxygen atoms in total. The van der Waals surface area contributed by atoms with E-state index in [1.165, 1.54) is 11.1 Å². The highest BCUT2D eigenvalue weighted by atomic mass is 16.4. The number of carbonyl (C=O) groups is 1. The van der Waals surface area contributed by atoms with Gasteiger partial charge in [0.05, 0.1) is 6.61 Å². The van der Waals surface area contributed by atoms with Crippen LogP contribution < -0.4 is 0 Å². The molecule has 0 amide bonds. The van der Waals surface area contributed by atoms with Crippen molar-refractivity contribution in [3.8, 4) is 0 Å². The third-order valence-corrected chi connectivity index (χ3v) is 4.01. The Morgan fingerprint density at radius 3 is 1.92 bits per heavy atom. The Labute approximate surface area is 151 Å².